The molecule has 0 bridgehead atoms. The molecule has 0 atom stereocenters. The number of rotatable bonds is 1. The maximum Gasteiger partial charge on any atom is 0.00631 e. The van der Waals surface area contributed by atoms with Gasteiger partial charge in [-0.05, 0) is 32.5 Å². The van der Waals surface area contributed by atoms with Crippen LogP contribution < -0.4 is 5.73 Å². The van der Waals surface area contributed by atoms with Crippen LogP contribution in [0.2, 0.25) is 0 Å². The van der Waals surface area contributed by atoms with Crippen molar-refractivity contribution in [3.05, 3.63) is 36.4 Å². The van der Waals surface area contributed by atoms with E-state index in [9.17, 15) is 0 Å². The van der Waals surface area contributed by atoms with E-state index in [-0.39, 0.29) is 0 Å². The van der Waals surface area contributed by atoms with Gasteiger partial charge in [-0.2, -0.15) is 0 Å². The van der Waals surface area contributed by atoms with Crippen molar-refractivity contribution < 1.29 is 0 Å². The number of hydrogen-bond donors (Lipinski definition) is 1. The van der Waals surface area contributed by atoms with Crippen molar-refractivity contribution in [2.45, 2.75) is 25.8 Å². The van der Waals surface area contributed by atoms with Crippen LogP contribution in [0.1, 0.15) is 19.8 Å². The largest absolute Gasteiger partial charge is 0.328 e. The maximum absolute atomic E-state index is 5.72. The van der Waals surface area contributed by atoms with E-state index < -0.39 is 0 Å². The van der Waals surface area contributed by atoms with Gasteiger partial charge in [0.05, 0.1) is 0 Å². The summed E-state index contributed by atoms with van der Waals surface area (Å²) in [7, 11) is 0. The summed E-state index contributed by atoms with van der Waals surface area (Å²) in [5, 5.41) is 0. The van der Waals surface area contributed by atoms with Crippen molar-refractivity contribution in [1.82, 2.24) is 4.90 Å². The number of likely N-dealkylation sites (tertiary alicyclic amines) is 1. The summed E-state index contributed by atoms with van der Waals surface area (Å²) < 4.78 is 0. The molecule has 2 nitrogen and oxygen atoms in total. The lowest BCUT2D eigenvalue weighted by molar-refractivity contribution is 0.223. The van der Waals surface area contributed by atoms with E-state index in [0.717, 1.165) is 0 Å². The van der Waals surface area contributed by atoms with E-state index in [2.05, 4.69) is 11.8 Å². The van der Waals surface area contributed by atoms with Crippen LogP contribution in [0.15, 0.2) is 36.4 Å². The Kier molecular flexibility index (Phi) is 6.05. The first kappa shape index (κ1) is 12.2. The Balaban J connectivity index is 0.000000162. The number of nitrogens with two attached hydrogens (primary N) is 1. The highest BCUT2D eigenvalue weighted by Crippen LogP contribution is 2.06. The minimum absolute atomic E-state index is 0.479. The second-order valence-corrected chi connectivity index (χ2v) is 3.93. The van der Waals surface area contributed by atoms with Crippen LogP contribution in [-0.4, -0.2) is 30.6 Å². The van der Waals surface area contributed by atoms with Crippen LogP contribution in [-0.2, 0) is 0 Å². The van der Waals surface area contributed by atoms with Crippen molar-refractivity contribution in [3.8, 4) is 0 Å². The normalized spacial score (nSPS) is 18.0. The summed E-state index contributed by atoms with van der Waals surface area (Å²) in [6.07, 6.45) is 2.38. The maximum atomic E-state index is 5.72. The highest BCUT2D eigenvalue weighted by Gasteiger charge is 2.13. The van der Waals surface area contributed by atoms with E-state index in [1.54, 1.807) is 0 Å². The molecule has 0 unspecified atom stereocenters. The molecule has 1 aliphatic rings. The summed E-state index contributed by atoms with van der Waals surface area (Å²) >= 11 is 0. The molecule has 1 aromatic carbocycles. The van der Waals surface area contributed by atoms with Gasteiger partial charge in [0.1, 0.15) is 0 Å². The minimum Gasteiger partial charge on any atom is -0.328 e. The first-order chi connectivity index (χ1) is 7.33. The summed E-state index contributed by atoms with van der Waals surface area (Å²) in [5.41, 5.74) is 5.72. The molecule has 0 spiro atoms. The van der Waals surface area contributed by atoms with Crippen LogP contribution in [0.5, 0.6) is 0 Å². The average Bonchev–Trinajstić information content (AvgIpc) is 2.33. The molecule has 2 heteroatoms. The molecule has 1 aliphatic heterocycles. The Bertz CT molecular complexity index is 201. The van der Waals surface area contributed by atoms with E-state index in [4.69, 9.17) is 5.73 Å². The second kappa shape index (κ2) is 7.43. The van der Waals surface area contributed by atoms with Gasteiger partial charge in [0.15, 0.2) is 0 Å². The van der Waals surface area contributed by atoms with Crippen LogP contribution in [0.3, 0.4) is 0 Å². The third-order valence-corrected chi connectivity index (χ3v) is 2.75. The monoisotopic (exact) mass is 206 g/mol. The summed E-state index contributed by atoms with van der Waals surface area (Å²) in [4.78, 5) is 2.45. The van der Waals surface area contributed by atoms with Gasteiger partial charge in [-0.15, -0.1) is 0 Å². The van der Waals surface area contributed by atoms with Crippen LogP contribution >= 0.6 is 0 Å². The summed E-state index contributed by atoms with van der Waals surface area (Å²) in [6, 6.07) is 12.5. The highest BCUT2D eigenvalue weighted by molar-refractivity contribution is 4.99. The standard InChI is InChI=1S/C7H16N2.C6H6/c1-2-9-5-3-7(8)4-6-9;1-2-4-6-5-3-1/h7H,2-6,8H2,1H3;1-6H. The summed E-state index contributed by atoms with van der Waals surface area (Å²) in [6.45, 7) is 5.80. The molecule has 15 heavy (non-hydrogen) atoms. The first-order valence-electron chi connectivity index (χ1n) is 5.81. The van der Waals surface area contributed by atoms with Crippen LogP contribution in [0, 0.1) is 0 Å². The van der Waals surface area contributed by atoms with Gasteiger partial charge in [0.25, 0.3) is 0 Å². The fraction of sp³-hybridized carbons (Fsp3) is 0.538. The van der Waals surface area contributed by atoms with Gasteiger partial charge < -0.3 is 10.6 Å². The van der Waals surface area contributed by atoms with Gasteiger partial charge in [-0.3, -0.25) is 0 Å². The van der Waals surface area contributed by atoms with Crippen molar-refractivity contribution in [1.29, 1.82) is 0 Å². The van der Waals surface area contributed by atoms with Gasteiger partial charge in [0, 0.05) is 6.04 Å². The van der Waals surface area contributed by atoms with Gasteiger partial charge in [-0.25, -0.2) is 0 Å². The lowest BCUT2D eigenvalue weighted by Crippen LogP contribution is -2.39. The molecule has 0 saturated carbocycles. The Morgan fingerprint density at radius 3 is 1.73 bits per heavy atom. The molecular weight excluding hydrogens is 184 g/mol. The van der Waals surface area contributed by atoms with Gasteiger partial charge in [0.2, 0.25) is 0 Å². The second-order valence-electron chi connectivity index (χ2n) is 3.93. The molecule has 1 aromatic rings. The third kappa shape index (κ3) is 5.55. The zero-order valence-electron chi connectivity index (χ0n) is 9.60. The van der Waals surface area contributed by atoms with E-state index >= 15 is 0 Å². The predicted molar refractivity (Wildman–Crippen MR) is 65.8 cm³/mol. The quantitative estimate of drug-likeness (QED) is 0.762. The molecule has 0 aliphatic carbocycles. The fourth-order valence-electron chi connectivity index (χ4n) is 1.65. The van der Waals surface area contributed by atoms with Crippen molar-refractivity contribution in [3.63, 3.8) is 0 Å². The zero-order valence-corrected chi connectivity index (χ0v) is 9.60. The Labute approximate surface area is 93.1 Å². The van der Waals surface area contributed by atoms with E-state index in [1.807, 2.05) is 36.4 Å². The average molecular weight is 206 g/mol. The minimum atomic E-state index is 0.479. The molecule has 0 aromatic heterocycles. The molecule has 2 N–H and O–H groups in total. The first-order valence-corrected chi connectivity index (χ1v) is 5.81. The van der Waals surface area contributed by atoms with Gasteiger partial charge >= 0.3 is 0 Å². The Hall–Kier alpha value is -0.860. The SMILES string of the molecule is CCN1CCC(N)CC1.c1ccccc1. The molecule has 1 fully saturated rings. The Morgan fingerprint density at radius 1 is 1.00 bits per heavy atom. The molecule has 0 radical (unpaired) electrons. The predicted octanol–water partition coefficient (Wildman–Crippen LogP) is 2.12. The summed E-state index contributed by atoms with van der Waals surface area (Å²) in [5.74, 6) is 0. The Morgan fingerprint density at radius 2 is 1.40 bits per heavy atom. The van der Waals surface area contributed by atoms with Crippen molar-refractivity contribution in [2.75, 3.05) is 19.6 Å². The molecule has 0 amide bonds. The van der Waals surface area contributed by atoms with Crippen molar-refractivity contribution in [2.24, 2.45) is 5.73 Å². The van der Waals surface area contributed by atoms with E-state index in [1.165, 1.54) is 32.5 Å². The lowest BCUT2D eigenvalue weighted by atomic mass is 10.1. The van der Waals surface area contributed by atoms with Crippen molar-refractivity contribution >= 4 is 0 Å². The van der Waals surface area contributed by atoms with Crippen LogP contribution in [0.25, 0.3) is 0 Å². The highest BCUT2D eigenvalue weighted by atomic mass is 15.1. The molecule has 84 valence electrons. The fourth-order valence-corrected chi connectivity index (χ4v) is 1.65. The topological polar surface area (TPSA) is 29.3 Å². The smallest absolute Gasteiger partial charge is 0.00631 e. The third-order valence-electron chi connectivity index (χ3n) is 2.75. The zero-order chi connectivity index (χ0) is 10.9. The molecule has 1 saturated heterocycles. The molecular formula is C13H22N2. The van der Waals surface area contributed by atoms with Gasteiger partial charge in [-0.1, -0.05) is 43.3 Å². The lowest BCUT2D eigenvalue weighted by Gasteiger charge is -2.28. The number of nitrogens with zero attached hydrogens (tertiary/aromatic N) is 1. The van der Waals surface area contributed by atoms with Crippen LogP contribution in [0.4, 0.5) is 0 Å². The molecule has 2 rings (SSSR count). The number of hydrogen-bond acceptors (Lipinski definition) is 2. The number of piperidine rings is 1. The number of benzene rings is 1. The van der Waals surface area contributed by atoms with E-state index in [0.29, 0.717) is 6.04 Å². The molecule has 1 heterocycles.